The summed E-state index contributed by atoms with van der Waals surface area (Å²) < 4.78 is 15.6. The average Bonchev–Trinajstić information content (AvgIpc) is 3.25. The summed E-state index contributed by atoms with van der Waals surface area (Å²) in [5, 5.41) is 2.26. The van der Waals surface area contributed by atoms with Crippen molar-refractivity contribution in [2.75, 3.05) is 18.0 Å². The van der Waals surface area contributed by atoms with Crippen LogP contribution in [0.4, 0.5) is 9.52 Å². The summed E-state index contributed by atoms with van der Waals surface area (Å²) in [6.45, 7) is 1.95. The Balaban J connectivity index is 1.34. The third-order valence-corrected chi connectivity index (χ3v) is 7.04. The second-order valence-corrected chi connectivity index (χ2v) is 8.46. The molecular weight excluding hydrogens is 353 g/mol. The van der Waals surface area contributed by atoms with Crippen LogP contribution in [0.25, 0.3) is 20.4 Å². The normalized spacial score (nSPS) is 16.1. The van der Waals surface area contributed by atoms with Gasteiger partial charge in [-0.3, -0.25) is 0 Å². The van der Waals surface area contributed by atoms with Crippen molar-refractivity contribution < 1.29 is 4.39 Å². The van der Waals surface area contributed by atoms with E-state index in [4.69, 9.17) is 4.98 Å². The molecule has 6 heteroatoms. The summed E-state index contributed by atoms with van der Waals surface area (Å²) in [6.07, 6.45) is 2.17. The lowest BCUT2D eigenvalue weighted by atomic mass is 9.98. The molecule has 0 spiro atoms. The van der Waals surface area contributed by atoms with E-state index in [2.05, 4.69) is 28.1 Å². The zero-order valence-electron chi connectivity index (χ0n) is 13.5. The van der Waals surface area contributed by atoms with Gasteiger partial charge in [0.2, 0.25) is 0 Å². The fraction of sp³-hybridized carbons (Fsp3) is 0.263. The number of piperidine rings is 1. The minimum absolute atomic E-state index is 0.197. The number of rotatable bonds is 2. The van der Waals surface area contributed by atoms with Gasteiger partial charge in [-0.15, -0.1) is 11.3 Å². The zero-order chi connectivity index (χ0) is 16.8. The second-order valence-electron chi connectivity index (χ2n) is 6.39. The minimum Gasteiger partial charge on any atom is -0.348 e. The highest BCUT2D eigenvalue weighted by Gasteiger charge is 2.25. The number of benzene rings is 2. The number of nitrogens with zero attached hydrogens (tertiary/aromatic N) is 3. The Morgan fingerprint density at radius 3 is 2.56 bits per heavy atom. The van der Waals surface area contributed by atoms with E-state index in [9.17, 15) is 4.39 Å². The van der Waals surface area contributed by atoms with Gasteiger partial charge in [0.1, 0.15) is 5.82 Å². The predicted molar refractivity (Wildman–Crippen MR) is 103 cm³/mol. The average molecular weight is 369 g/mol. The summed E-state index contributed by atoms with van der Waals surface area (Å²) in [7, 11) is 0. The van der Waals surface area contributed by atoms with Crippen LogP contribution in [-0.2, 0) is 0 Å². The van der Waals surface area contributed by atoms with E-state index >= 15 is 0 Å². The highest BCUT2D eigenvalue weighted by Crippen LogP contribution is 2.37. The Morgan fingerprint density at radius 2 is 1.72 bits per heavy atom. The summed E-state index contributed by atoms with van der Waals surface area (Å²) >= 11 is 3.40. The number of hydrogen-bond acceptors (Lipinski definition) is 5. The van der Waals surface area contributed by atoms with E-state index < -0.39 is 0 Å². The Labute approximate surface area is 152 Å². The SMILES string of the molecule is Fc1ccc2nc(N3CCC(c4nc5ccccc5s4)CC3)sc2c1. The number of halogens is 1. The lowest BCUT2D eigenvalue weighted by molar-refractivity contribution is 0.504. The summed E-state index contributed by atoms with van der Waals surface area (Å²) in [5.74, 6) is 0.331. The van der Waals surface area contributed by atoms with E-state index in [0.29, 0.717) is 5.92 Å². The number of para-hydroxylation sites is 1. The Kier molecular flexibility index (Phi) is 3.68. The van der Waals surface area contributed by atoms with Gasteiger partial charge in [0.15, 0.2) is 5.13 Å². The quantitative estimate of drug-likeness (QED) is 0.472. The first-order valence-corrected chi connectivity index (χ1v) is 10.1. The van der Waals surface area contributed by atoms with Gasteiger partial charge in [0.25, 0.3) is 0 Å². The van der Waals surface area contributed by atoms with Crippen LogP contribution >= 0.6 is 22.7 Å². The van der Waals surface area contributed by atoms with Crippen LogP contribution in [0, 0.1) is 5.82 Å². The standard InChI is InChI=1S/C19H16FN3S2/c20-13-5-6-15-17(11-13)25-19(22-15)23-9-7-12(8-10-23)18-21-14-3-1-2-4-16(14)24-18/h1-6,11-12H,7-10H2. The fourth-order valence-electron chi connectivity index (χ4n) is 3.40. The van der Waals surface area contributed by atoms with Crippen LogP contribution < -0.4 is 4.90 Å². The smallest absolute Gasteiger partial charge is 0.186 e. The molecule has 0 bridgehead atoms. The molecule has 1 fully saturated rings. The van der Waals surface area contributed by atoms with Gasteiger partial charge in [0.05, 0.1) is 25.4 Å². The molecular formula is C19H16FN3S2. The first kappa shape index (κ1) is 15.2. The molecule has 5 rings (SSSR count). The van der Waals surface area contributed by atoms with Crippen molar-refractivity contribution in [3.8, 4) is 0 Å². The van der Waals surface area contributed by atoms with Crippen molar-refractivity contribution in [3.05, 3.63) is 53.3 Å². The zero-order valence-corrected chi connectivity index (χ0v) is 15.1. The predicted octanol–water partition coefficient (Wildman–Crippen LogP) is 5.43. The minimum atomic E-state index is -0.197. The monoisotopic (exact) mass is 369 g/mol. The third kappa shape index (κ3) is 2.79. The molecule has 0 atom stereocenters. The Morgan fingerprint density at radius 1 is 0.920 bits per heavy atom. The van der Waals surface area contributed by atoms with E-state index in [-0.39, 0.29) is 5.82 Å². The van der Waals surface area contributed by atoms with Crippen molar-refractivity contribution in [2.45, 2.75) is 18.8 Å². The van der Waals surface area contributed by atoms with Crippen molar-refractivity contribution >= 4 is 48.2 Å². The molecule has 0 radical (unpaired) electrons. The Bertz CT molecular complexity index is 1010. The molecule has 4 aromatic rings. The molecule has 1 aliphatic rings. The fourth-order valence-corrected chi connectivity index (χ4v) is 5.58. The number of anilines is 1. The molecule has 1 saturated heterocycles. The van der Waals surface area contributed by atoms with Gasteiger partial charge >= 0.3 is 0 Å². The topological polar surface area (TPSA) is 29.0 Å². The maximum Gasteiger partial charge on any atom is 0.186 e. The lowest BCUT2D eigenvalue weighted by Gasteiger charge is -2.30. The van der Waals surface area contributed by atoms with Gasteiger partial charge < -0.3 is 4.90 Å². The van der Waals surface area contributed by atoms with Crippen LogP contribution in [0.3, 0.4) is 0 Å². The van der Waals surface area contributed by atoms with Crippen molar-refractivity contribution in [1.82, 2.24) is 9.97 Å². The highest BCUT2D eigenvalue weighted by atomic mass is 32.1. The Hall–Kier alpha value is -2.05. The molecule has 0 unspecified atom stereocenters. The van der Waals surface area contributed by atoms with Crippen molar-refractivity contribution in [3.63, 3.8) is 0 Å². The molecule has 3 heterocycles. The summed E-state index contributed by atoms with van der Waals surface area (Å²) in [6, 6.07) is 13.2. The molecule has 2 aromatic carbocycles. The molecule has 0 aliphatic carbocycles. The lowest BCUT2D eigenvalue weighted by Crippen LogP contribution is -2.32. The molecule has 1 aliphatic heterocycles. The van der Waals surface area contributed by atoms with E-state index in [1.54, 1.807) is 23.5 Å². The number of thiazole rings is 2. The molecule has 2 aromatic heterocycles. The van der Waals surface area contributed by atoms with Crippen LogP contribution in [0.2, 0.25) is 0 Å². The van der Waals surface area contributed by atoms with Crippen molar-refractivity contribution in [1.29, 1.82) is 0 Å². The molecule has 3 nitrogen and oxygen atoms in total. The van der Waals surface area contributed by atoms with Crippen LogP contribution in [0.15, 0.2) is 42.5 Å². The van der Waals surface area contributed by atoms with E-state index in [1.807, 2.05) is 17.4 Å². The second kappa shape index (κ2) is 6.04. The molecule has 25 heavy (non-hydrogen) atoms. The van der Waals surface area contributed by atoms with Gasteiger partial charge in [-0.1, -0.05) is 23.5 Å². The van der Waals surface area contributed by atoms with Crippen LogP contribution in [0.1, 0.15) is 23.8 Å². The van der Waals surface area contributed by atoms with Gasteiger partial charge in [0, 0.05) is 19.0 Å². The molecule has 0 amide bonds. The van der Waals surface area contributed by atoms with Crippen molar-refractivity contribution in [2.24, 2.45) is 0 Å². The highest BCUT2D eigenvalue weighted by molar-refractivity contribution is 7.22. The first-order chi connectivity index (χ1) is 12.3. The molecule has 0 saturated carbocycles. The van der Waals surface area contributed by atoms with Crippen LogP contribution in [-0.4, -0.2) is 23.1 Å². The number of fused-ring (bicyclic) bond motifs is 2. The van der Waals surface area contributed by atoms with Gasteiger partial charge in [-0.2, -0.15) is 0 Å². The maximum atomic E-state index is 13.4. The van der Waals surface area contributed by atoms with E-state index in [0.717, 1.165) is 46.8 Å². The molecule has 126 valence electrons. The van der Waals surface area contributed by atoms with E-state index in [1.165, 1.54) is 15.8 Å². The largest absolute Gasteiger partial charge is 0.348 e. The summed E-state index contributed by atoms with van der Waals surface area (Å²) in [5.41, 5.74) is 1.99. The number of aromatic nitrogens is 2. The van der Waals surface area contributed by atoms with Gasteiger partial charge in [-0.25, -0.2) is 14.4 Å². The number of hydrogen-bond donors (Lipinski definition) is 0. The van der Waals surface area contributed by atoms with Crippen LogP contribution in [0.5, 0.6) is 0 Å². The third-order valence-electron chi connectivity index (χ3n) is 4.76. The molecule has 0 N–H and O–H groups in total. The maximum absolute atomic E-state index is 13.4. The van der Waals surface area contributed by atoms with Gasteiger partial charge in [-0.05, 0) is 43.2 Å². The summed E-state index contributed by atoms with van der Waals surface area (Å²) in [4.78, 5) is 11.8. The first-order valence-electron chi connectivity index (χ1n) is 8.43.